The molecule has 1 unspecified atom stereocenters. The molecule has 2 heterocycles. The van der Waals surface area contributed by atoms with Gasteiger partial charge in [0.2, 0.25) is 11.7 Å². The van der Waals surface area contributed by atoms with E-state index in [4.69, 9.17) is 9.26 Å². The normalized spacial score (nSPS) is 27.0. The van der Waals surface area contributed by atoms with Gasteiger partial charge in [0, 0.05) is 19.6 Å². The summed E-state index contributed by atoms with van der Waals surface area (Å²) in [5, 5.41) is 7.52. The van der Waals surface area contributed by atoms with Crippen LogP contribution < -0.4 is 5.32 Å². The van der Waals surface area contributed by atoms with Crippen molar-refractivity contribution in [3.8, 4) is 0 Å². The lowest BCUT2D eigenvalue weighted by atomic mass is 9.79. The average Bonchev–Trinajstić information content (AvgIpc) is 2.90. The van der Waals surface area contributed by atoms with E-state index in [1.54, 1.807) is 7.11 Å². The molecule has 2 fully saturated rings. The minimum atomic E-state index is -0.259. The number of hydrogen-bond donors (Lipinski definition) is 1. The molecule has 2 aliphatic rings. The van der Waals surface area contributed by atoms with Gasteiger partial charge in [0.25, 0.3) is 0 Å². The second-order valence-corrected chi connectivity index (χ2v) is 5.06. The molecule has 1 aliphatic heterocycles. The third kappa shape index (κ3) is 1.98. The highest BCUT2D eigenvalue weighted by molar-refractivity contribution is 5.07. The van der Waals surface area contributed by atoms with Crippen LogP contribution in [0, 0.1) is 0 Å². The summed E-state index contributed by atoms with van der Waals surface area (Å²) >= 11 is 0. The number of rotatable bonds is 4. The van der Waals surface area contributed by atoms with Crippen LogP contribution in [-0.2, 0) is 16.8 Å². The minimum Gasteiger partial charge on any atom is -0.370 e. The van der Waals surface area contributed by atoms with Crippen molar-refractivity contribution in [3.05, 3.63) is 11.7 Å². The van der Waals surface area contributed by atoms with E-state index in [1.165, 1.54) is 19.3 Å². The Kier molecular flexibility index (Phi) is 2.88. The maximum Gasteiger partial charge on any atom is 0.228 e. The van der Waals surface area contributed by atoms with Crippen molar-refractivity contribution < 1.29 is 9.26 Å². The van der Waals surface area contributed by atoms with Crippen LogP contribution in [0.25, 0.3) is 0 Å². The van der Waals surface area contributed by atoms with Crippen LogP contribution in [0.2, 0.25) is 0 Å². The second-order valence-electron chi connectivity index (χ2n) is 5.06. The first kappa shape index (κ1) is 11.2. The Hall–Kier alpha value is -0.940. The molecule has 1 N–H and O–H groups in total. The van der Waals surface area contributed by atoms with Crippen molar-refractivity contribution in [2.45, 2.75) is 50.2 Å². The quantitative estimate of drug-likeness (QED) is 0.857. The van der Waals surface area contributed by atoms with Gasteiger partial charge in [-0.15, -0.1) is 0 Å². The van der Waals surface area contributed by atoms with Crippen LogP contribution in [0.1, 0.15) is 43.8 Å². The third-order valence-corrected chi connectivity index (χ3v) is 4.01. The Morgan fingerprint density at radius 3 is 2.94 bits per heavy atom. The first-order valence-corrected chi connectivity index (χ1v) is 6.44. The highest BCUT2D eigenvalue weighted by Gasteiger charge is 2.43. The van der Waals surface area contributed by atoms with E-state index >= 15 is 0 Å². The minimum absolute atomic E-state index is 0.259. The van der Waals surface area contributed by atoms with Crippen LogP contribution in [0.4, 0.5) is 0 Å². The molecule has 1 aromatic rings. The van der Waals surface area contributed by atoms with Crippen LogP contribution in [0.3, 0.4) is 0 Å². The van der Waals surface area contributed by atoms with Gasteiger partial charge in [0.05, 0.1) is 0 Å². The van der Waals surface area contributed by atoms with E-state index in [-0.39, 0.29) is 5.60 Å². The number of nitrogens with zero attached hydrogens (tertiary/aromatic N) is 2. The van der Waals surface area contributed by atoms with E-state index < -0.39 is 0 Å². The number of ether oxygens (including phenoxy) is 1. The van der Waals surface area contributed by atoms with Gasteiger partial charge in [0.1, 0.15) is 5.60 Å². The topological polar surface area (TPSA) is 60.2 Å². The van der Waals surface area contributed by atoms with Gasteiger partial charge in [-0.25, -0.2) is 0 Å². The van der Waals surface area contributed by atoms with Gasteiger partial charge in [-0.05, 0) is 38.6 Å². The molecule has 1 saturated heterocycles. The van der Waals surface area contributed by atoms with Gasteiger partial charge < -0.3 is 14.6 Å². The molecule has 0 aromatic carbocycles. The van der Waals surface area contributed by atoms with E-state index in [9.17, 15) is 0 Å². The summed E-state index contributed by atoms with van der Waals surface area (Å²) < 4.78 is 10.9. The van der Waals surface area contributed by atoms with Crippen molar-refractivity contribution in [2.75, 3.05) is 13.7 Å². The fraction of sp³-hybridized carbons (Fsp3) is 0.833. The zero-order chi connectivity index (χ0) is 11.7. The van der Waals surface area contributed by atoms with E-state index in [1.807, 2.05) is 0 Å². The highest BCUT2D eigenvalue weighted by atomic mass is 16.5. The molecule has 0 bridgehead atoms. The Balaban J connectivity index is 1.69. The summed E-state index contributed by atoms with van der Waals surface area (Å²) in [5.41, 5.74) is -0.259. The Labute approximate surface area is 101 Å². The van der Waals surface area contributed by atoms with Crippen molar-refractivity contribution in [2.24, 2.45) is 0 Å². The van der Waals surface area contributed by atoms with Crippen LogP contribution in [0.5, 0.6) is 0 Å². The largest absolute Gasteiger partial charge is 0.370 e. The van der Waals surface area contributed by atoms with Gasteiger partial charge in [-0.1, -0.05) is 5.16 Å². The molecule has 94 valence electrons. The third-order valence-electron chi connectivity index (χ3n) is 4.01. The molecule has 1 saturated carbocycles. The molecule has 17 heavy (non-hydrogen) atoms. The first-order valence-electron chi connectivity index (χ1n) is 6.44. The summed E-state index contributed by atoms with van der Waals surface area (Å²) in [4.78, 5) is 4.50. The average molecular weight is 237 g/mol. The maximum atomic E-state index is 5.54. The molecule has 0 amide bonds. The van der Waals surface area contributed by atoms with Crippen LogP contribution in [0.15, 0.2) is 4.52 Å². The summed E-state index contributed by atoms with van der Waals surface area (Å²) in [6.07, 6.45) is 6.48. The molecule has 3 rings (SSSR count). The molecule has 0 radical (unpaired) electrons. The molecule has 5 heteroatoms. The zero-order valence-electron chi connectivity index (χ0n) is 10.2. The smallest absolute Gasteiger partial charge is 0.228 e. The second kappa shape index (κ2) is 4.38. The molecule has 5 nitrogen and oxygen atoms in total. The number of aromatic nitrogens is 2. The SMILES string of the molecule is COC1(c2noc(CC3CCCN3)n2)CCC1. The number of nitrogens with one attached hydrogen (secondary N) is 1. The molecular weight excluding hydrogens is 218 g/mol. The van der Waals surface area contributed by atoms with Gasteiger partial charge in [-0.3, -0.25) is 0 Å². The summed E-state index contributed by atoms with van der Waals surface area (Å²) in [6, 6.07) is 0.503. The predicted molar refractivity (Wildman–Crippen MR) is 61.6 cm³/mol. The molecular formula is C12H19N3O2. The lowest BCUT2D eigenvalue weighted by Crippen LogP contribution is -2.37. The summed E-state index contributed by atoms with van der Waals surface area (Å²) in [7, 11) is 1.73. The lowest BCUT2D eigenvalue weighted by molar-refractivity contribution is -0.0858. The highest BCUT2D eigenvalue weighted by Crippen LogP contribution is 2.42. The van der Waals surface area contributed by atoms with Gasteiger partial charge in [0.15, 0.2) is 0 Å². The van der Waals surface area contributed by atoms with E-state index in [0.717, 1.165) is 37.5 Å². The van der Waals surface area contributed by atoms with Crippen LogP contribution in [-0.4, -0.2) is 29.8 Å². The summed E-state index contributed by atoms with van der Waals surface area (Å²) in [5.74, 6) is 1.47. The lowest BCUT2D eigenvalue weighted by Gasteiger charge is -2.37. The Morgan fingerprint density at radius 2 is 2.35 bits per heavy atom. The fourth-order valence-electron chi connectivity index (χ4n) is 2.68. The Bertz CT molecular complexity index is 375. The Morgan fingerprint density at radius 1 is 1.47 bits per heavy atom. The monoisotopic (exact) mass is 237 g/mol. The van der Waals surface area contributed by atoms with Gasteiger partial charge in [-0.2, -0.15) is 4.98 Å². The van der Waals surface area contributed by atoms with Crippen molar-refractivity contribution >= 4 is 0 Å². The van der Waals surface area contributed by atoms with Crippen LogP contribution >= 0.6 is 0 Å². The molecule has 0 spiro atoms. The standard InChI is InChI=1S/C12H19N3O2/c1-16-12(5-3-6-12)11-14-10(17-15-11)8-9-4-2-7-13-9/h9,13H,2-8H2,1H3. The maximum absolute atomic E-state index is 5.54. The van der Waals surface area contributed by atoms with E-state index in [0.29, 0.717) is 6.04 Å². The van der Waals surface area contributed by atoms with Crippen molar-refractivity contribution in [1.82, 2.24) is 15.5 Å². The number of methoxy groups -OCH3 is 1. The van der Waals surface area contributed by atoms with Crippen molar-refractivity contribution in [1.29, 1.82) is 0 Å². The molecule has 1 aliphatic carbocycles. The zero-order valence-corrected chi connectivity index (χ0v) is 10.2. The van der Waals surface area contributed by atoms with E-state index in [2.05, 4.69) is 15.5 Å². The van der Waals surface area contributed by atoms with Crippen molar-refractivity contribution in [3.63, 3.8) is 0 Å². The molecule has 1 atom stereocenters. The number of hydrogen-bond acceptors (Lipinski definition) is 5. The summed E-state index contributed by atoms with van der Waals surface area (Å²) in [6.45, 7) is 1.10. The predicted octanol–water partition coefficient (Wildman–Crippen LogP) is 1.39. The molecule has 1 aromatic heterocycles. The fourth-order valence-corrected chi connectivity index (χ4v) is 2.68. The van der Waals surface area contributed by atoms with Gasteiger partial charge >= 0.3 is 0 Å². The first-order chi connectivity index (χ1) is 8.32.